The maximum Gasteiger partial charge on any atom is 0.242 e. The monoisotopic (exact) mass is 319 g/mol. The Balaban J connectivity index is 1.99. The molecule has 1 amide bonds. The van der Waals surface area contributed by atoms with E-state index >= 15 is 0 Å². The van der Waals surface area contributed by atoms with Crippen LogP contribution in [0.15, 0.2) is 30.3 Å². The first-order valence-corrected chi connectivity index (χ1v) is 8.42. The standard InChI is InChI=1S/C18H29N3O2/c1-4-21(18(22)17(19)13-23-3)16-10-11-20(12-16)14(2)15-8-6-5-7-9-15/h5-9,14,16-17H,4,10-13,19H2,1-3H3. The second-order valence-electron chi connectivity index (χ2n) is 6.21. The molecular weight excluding hydrogens is 290 g/mol. The number of likely N-dealkylation sites (N-methyl/N-ethyl adjacent to an activating group) is 1. The average Bonchev–Trinajstić information content (AvgIpc) is 3.05. The molecule has 2 N–H and O–H groups in total. The second-order valence-corrected chi connectivity index (χ2v) is 6.21. The van der Waals surface area contributed by atoms with Gasteiger partial charge < -0.3 is 15.4 Å². The third kappa shape index (κ3) is 4.31. The molecule has 3 unspecified atom stereocenters. The summed E-state index contributed by atoms with van der Waals surface area (Å²) in [5.41, 5.74) is 7.25. The molecule has 0 spiro atoms. The molecule has 0 aromatic heterocycles. The average molecular weight is 319 g/mol. The van der Waals surface area contributed by atoms with Gasteiger partial charge >= 0.3 is 0 Å². The normalized spacial score (nSPS) is 21.1. The maximum absolute atomic E-state index is 12.5. The van der Waals surface area contributed by atoms with Crippen molar-refractivity contribution in [3.05, 3.63) is 35.9 Å². The fourth-order valence-corrected chi connectivity index (χ4v) is 3.37. The zero-order valence-electron chi connectivity index (χ0n) is 14.4. The topological polar surface area (TPSA) is 58.8 Å². The van der Waals surface area contributed by atoms with Gasteiger partial charge in [0.2, 0.25) is 5.91 Å². The van der Waals surface area contributed by atoms with Crippen molar-refractivity contribution in [2.24, 2.45) is 5.73 Å². The van der Waals surface area contributed by atoms with Gasteiger partial charge in [-0.1, -0.05) is 30.3 Å². The third-order valence-electron chi connectivity index (χ3n) is 4.75. The first-order chi connectivity index (χ1) is 11.1. The highest BCUT2D eigenvalue weighted by Gasteiger charge is 2.33. The fraction of sp³-hybridized carbons (Fsp3) is 0.611. The van der Waals surface area contributed by atoms with E-state index < -0.39 is 6.04 Å². The summed E-state index contributed by atoms with van der Waals surface area (Å²) in [6.07, 6.45) is 0.996. The smallest absolute Gasteiger partial charge is 0.242 e. The quantitative estimate of drug-likeness (QED) is 0.830. The molecule has 5 heteroatoms. The Morgan fingerprint density at radius 2 is 2.13 bits per heavy atom. The Hall–Kier alpha value is -1.43. The highest BCUT2D eigenvalue weighted by molar-refractivity contribution is 5.82. The summed E-state index contributed by atoms with van der Waals surface area (Å²) in [7, 11) is 1.57. The summed E-state index contributed by atoms with van der Waals surface area (Å²) >= 11 is 0. The summed E-state index contributed by atoms with van der Waals surface area (Å²) in [6, 6.07) is 10.5. The molecule has 0 aliphatic carbocycles. The highest BCUT2D eigenvalue weighted by atomic mass is 16.5. The largest absolute Gasteiger partial charge is 0.383 e. The van der Waals surface area contributed by atoms with Crippen LogP contribution in [0, 0.1) is 0 Å². The lowest BCUT2D eigenvalue weighted by molar-refractivity contribution is -0.135. The van der Waals surface area contributed by atoms with Gasteiger partial charge in [0, 0.05) is 38.8 Å². The number of amides is 1. The lowest BCUT2D eigenvalue weighted by atomic mass is 10.1. The Labute approximate surface area is 139 Å². The summed E-state index contributed by atoms with van der Waals surface area (Å²) in [6.45, 7) is 7.10. The Morgan fingerprint density at radius 1 is 1.43 bits per heavy atom. The summed E-state index contributed by atoms with van der Waals surface area (Å²) in [5.74, 6) is -0.00596. The van der Waals surface area contributed by atoms with E-state index in [9.17, 15) is 4.79 Å². The highest BCUT2D eigenvalue weighted by Crippen LogP contribution is 2.26. The predicted molar refractivity (Wildman–Crippen MR) is 92.1 cm³/mol. The van der Waals surface area contributed by atoms with Crippen LogP contribution in [0.2, 0.25) is 0 Å². The molecule has 0 radical (unpaired) electrons. The number of likely N-dealkylation sites (tertiary alicyclic amines) is 1. The zero-order chi connectivity index (χ0) is 16.8. The minimum absolute atomic E-state index is 0.00596. The van der Waals surface area contributed by atoms with Gasteiger partial charge in [0.1, 0.15) is 6.04 Å². The number of methoxy groups -OCH3 is 1. The van der Waals surface area contributed by atoms with Crippen LogP contribution in [0.5, 0.6) is 0 Å². The minimum Gasteiger partial charge on any atom is -0.383 e. The lowest BCUT2D eigenvalue weighted by Crippen LogP contribution is -2.51. The number of hydrogen-bond donors (Lipinski definition) is 1. The number of rotatable bonds is 7. The van der Waals surface area contributed by atoms with Gasteiger partial charge in [-0.05, 0) is 25.8 Å². The Bertz CT molecular complexity index is 494. The van der Waals surface area contributed by atoms with Crippen LogP contribution in [0.1, 0.15) is 31.9 Å². The van der Waals surface area contributed by atoms with Gasteiger partial charge in [-0.3, -0.25) is 9.69 Å². The van der Waals surface area contributed by atoms with E-state index in [1.54, 1.807) is 7.11 Å². The first kappa shape index (κ1) is 17.9. The molecule has 1 aliphatic heterocycles. The van der Waals surface area contributed by atoms with E-state index in [-0.39, 0.29) is 18.6 Å². The molecular formula is C18H29N3O2. The van der Waals surface area contributed by atoms with Crippen molar-refractivity contribution in [2.75, 3.05) is 33.4 Å². The summed E-state index contributed by atoms with van der Waals surface area (Å²) < 4.78 is 5.02. The lowest BCUT2D eigenvalue weighted by Gasteiger charge is -2.31. The number of benzene rings is 1. The van der Waals surface area contributed by atoms with E-state index in [2.05, 4.69) is 36.1 Å². The van der Waals surface area contributed by atoms with Crippen molar-refractivity contribution in [1.29, 1.82) is 0 Å². The molecule has 1 heterocycles. The molecule has 1 aromatic carbocycles. The van der Waals surface area contributed by atoms with Gasteiger partial charge in [-0.2, -0.15) is 0 Å². The summed E-state index contributed by atoms with van der Waals surface area (Å²) in [4.78, 5) is 16.9. The molecule has 1 fully saturated rings. The molecule has 0 bridgehead atoms. The van der Waals surface area contributed by atoms with Crippen LogP contribution in [-0.2, 0) is 9.53 Å². The molecule has 2 rings (SSSR count). The van der Waals surface area contributed by atoms with Crippen molar-refractivity contribution in [1.82, 2.24) is 9.80 Å². The van der Waals surface area contributed by atoms with E-state index in [4.69, 9.17) is 10.5 Å². The zero-order valence-corrected chi connectivity index (χ0v) is 14.4. The molecule has 1 aromatic rings. The number of carbonyl (C=O) groups is 1. The molecule has 128 valence electrons. The van der Waals surface area contributed by atoms with E-state index in [1.165, 1.54) is 5.56 Å². The summed E-state index contributed by atoms with van der Waals surface area (Å²) in [5, 5.41) is 0. The number of ether oxygens (including phenoxy) is 1. The van der Waals surface area contributed by atoms with Crippen LogP contribution in [0.25, 0.3) is 0 Å². The molecule has 23 heavy (non-hydrogen) atoms. The van der Waals surface area contributed by atoms with Crippen molar-refractivity contribution in [3.8, 4) is 0 Å². The van der Waals surface area contributed by atoms with Crippen LogP contribution in [0.4, 0.5) is 0 Å². The Kier molecular flexibility index (Phi) is 6.57. The van der Waals surface area contributed by atoms with Gasteiger partial charge in [0.25, 0.3) is 0 Å². The third-order valence-corrected chi connectivity index (χ3v) is 4.75. The molecule has 0 saturated carbocycles. The number of carbonyl (C=O) groups excluding carboxylic acids is 1. The fourth-order valence-electron chi connectivity index (χ4n) is 3.37. The van der Waals surface area contributed by atoms with Crippen LogP contribution in [-0.4, -0.2) is 61.1 Å². The van der Waals surface area contributed by atoms with Crippen LogP contribution in [0.3, 0.4) is 0 Å². The second kappa shape index (κ2) is 8.43. The van der Waals surface area contributed by atoms with Crippen LogP contribution < -0.4 is 5.73 Å². The SMILES string of the molecule is CCN(C(=O)C(N)COC)C1CCN(C(C)c2ccccc2)C1. The molecule has 1 aliphatic rings. The van der Waals surface area contributed by atoms with Crippen molar-refractivity contribution in [2.45, 2.75) is 38.4 Å². The first-order valence-electron chi connectivity index (χ1n) is 8.42. The van der Waals surface area contributed by atoms with Crippen molar-refractivity contribution in [3.63, 3.8) is 0 Å². The predicted octanol–water partition coefficient (Wildman–Crippen LogP) is 1.64. The van der Waals surface area contributed by atoms with Gasteiger partial charge in [0.15, 0.2) is 0 Å². The van der Waals surface area contributed by atoms with E-state index in [1.807, 2.05) is 17.9 Å². The van der Waals surface area contributed by atoms with Crippen molar-refractivity contribution < 1.29 is 9.53 Å². The van der Waals surface area contributed by atoms with Gasteiger partial charge in [-0.25, -0.2) is 0 Å². The van der Waals surface area contributed by atoms with E-state index in [0.29, 0.717) is 12.6 Å². The van der Waals surface area contributed by atoms with Gasteiger partial charge in [0.05, 0.1) is 6.61 Å². The number of nitrogens with zero attached hydrogens (tertiary/aromatic N) is 2. The van der Waals surface area contributed by atoms with Crippen molar-refractivity contribution >= 4 is 5.91 Å². The molecule has 1 saturated heterocycles. The number of nitrogens with two attached hydrogens (primary N) is 1. The van der Waals surface area contributed by atoms with Gasteiger partial charge in [-0.15, -0.1) is 0 Å². The minimum atomic E-state index is -0.569. The number of hydrogen-bond acceptors (Lipinski definition) is 4. The maximum atomic E-state index is 12.5. The molecule has 3 atom stereocenters. The van der Waals surface area contributed by atoms with E-state index in [0.717, 1.165) is 19.5 Å². The Morgan fingerprint density at radius 3 is 2.74 bits per heavy atom. The molecule has 5 nitrogen and oxygen atoms in total. The van der Waals surface area contributed by atoms with Crippen LogP contribution >= 0.6 is 0 Å².